The first-order valence-electron chi connectivity index (χ1n) is 10.3. The number of carbonyl (C=O) groups is 2. The van der Waals surface area contributed by atoms with Crippen molar-refractivity contribution in [1.29, 1.82) is 0 Å². The Labute approximate surface area is 191 Å². The number of hydrogen-bond donors (Lipinski definition) is 1. The fourth-order valence-corrected chi connectivity index (χ4v) is 4.20. The summed E-state index contributed by atoms with van der Waals surface area (Å²) < 4.78 is 10.9. The van der Waals surface area contributed by atoms with Crippen LogP contribution in [0.3, 0.4) is 0 Å². The second kappa shape index (κ2) is 9.28. The molecule has 0 radical (unpaired) electrons. The zero-order valence-corrected chi connectivity index (χ0v) is 18.9. The molecule has 1 N–H and O–H groups in total. The van der Waals surface area contributed by atoms with Gasteiger partial charge in [-0.2, -0.15) is 0 Å². The minimum Gasteiger partial charge on any atom is -0.497 e. The largest absolute Gasteiger partial charge is 0.497 e. The van der Waals surface area contributed by atoms with Crippen LogP contribution >= 0.6 is 11.3 Å². The highest BCUT2D eigenvalue weighted by atomic mass is 32.1. The van der Waals surface area contributed by atoms with E-state index >= 15 is 0 Å². The fourth-order valence-electron chi connectivity index (χ4n) is 3.43. The van der Waals surface area contributed by atoms with Crippen molar-refractivity contribution in [2.24, 2.45) is 0 Å². The number of rotatable bonds is 8. The number of thiophene rings is 1. The molecule has 0 unspecified atom stereocenters. The molecule has 0 bridgehead atoms. The zero-order valence-electron chi connectivity index (χ0n) is 18.1. The minimum absolute atomic E-state index is 0.0718. The van der Waals surface area contributed by atoms with Crippen molar-refractivity contribution in [2.75, 3.05) is 12.4 Å². The van der Waals surface area contributed by atoms with Crippen LogP contribution in [0.15, 0.2) is 71.7 Å². The summed E-state index contributed by atoms with van der Waals surface area (Å²) in [6.45, 7) is 4.11. The molecule has 2 heterocycles. The summed E-state index contributed by atoms with van der Waals surface area (Å²) in [5, 5.41) is 5.06. The topological polar surface area (TPSA) is 67.9 Å². The molecule has 7 heteroatoms. The lowest BCUT2D eigenvalue weighted by Gasteiger charge is -2.16. The van der Waals surface area contributed by atoms with Crippen LogP contribution in [0, 0.1) is 0 Å². The van der Waals surface area contributed by atoms with Gasteiger partial charge in [0.05, 0.1) is 25.3 Å². The molecule has 3 aromatic rings. The summed E-state index contributed by atoms with van der Waals surface area (Å²) in [7, 11) is 1.60. The van der Waals surface area contributed by atoms with Crippen LogP contribution in [0.4, 0.5) is 5.69 Å². The van der Waals surface area contributed by atoms with Crippen molar-refractivity contribution in [3.63, 3.8) is 0 Å². The fraction of sp³-hybridized carbons (Fsp3) is 0.200. The van der Waals surface area contributed by atoms with Crippen LogP contribution in [0.25, 0.3) is 5.57 Å². The molecule has 0 spiro atoms. The van der Waals surface area contributed by atoms with Crippen LogP contribution in [0.5, 0.6) is 11.5 Å². The summed E-state index contributed by atoms with van der Waals surface area (Å²) in [6, 6.07) is 18.4. The maximum atomic E-state index is 13.3. The van der Waals surface area contributed by atoms with E-state index in [1.807, 2.05) is 79.9 Å². The average Bonchev–Trinajstić information content (AvgIpc) is 3.38. The number of anilines is 1. The van der Waals surface area contributed by atoms with Gasteiger partial charge < -0.3 is 14.8 Å². The van der Waals surface area contributed by atoms with Crippen molar-refractivity contribution >= 4 is 34.4 Å². The number of nitrogens with zero attached hydrogens (tertiary/aromatic N) is 1. The van der Waals surface area contributed by atoms with Gasteiger partial charge in [-0.3, -0.25) is 14.5 Å². The molecule has 0 atom stereocenters. The smallest absolute Gasteiger partial charge is 0.278 e. The van der Waals surface area contributed by atoms with E-state index in [9.17, 15) is 9.59 Å². The SMILES string of the molecule is COc1ccc(CN2C(=O)C(Nc3ccc(OC(C)C)cc3)=C(c3cccs3)C2=O)cc1. The van der Waals surface area contributed by atoms with E-state index in [0.717, 1.165) is 21.9 Å². The third kappa shape index (κ3) is 4.53. The summed E-state index contributed by atoms with van der Waals surface area (Å²) in [5.74, 6) is 0.803. The Morgan fingerprint density at radius 3 is 2.22 bits per heavy atom. The second-order valence-electron chi connectivity index (χ2n) is 7.59. The van der Waals surface area contributed by atoms with Gasteiger partial charge in [-0.1, -0.05) is 18.2 Å². The zero-order chi connectivity index (χ0) is 22.7. The molecule has 32 heavy (non-hydrogen) atoms. The Kier molecular flexibility index (Phi) is 6.28. The third-order valence-electron chi connectivity index (χ3n) is 4.93. The number of imide groups is 1. The molecule has 2 aromatic carbocycles. The lowest BCUT2D eigenvalue weighted by molar-refractivity contribution is -0.137. The molecule has 1 aromatic heterocycles. The van der Waals surface area contributed by atoms with Gasteiger partial charge >= 0.3 is 0 Å². The van der Waals surface area contributed by atoms with Gasteiger partial charge in [-0.25, -0.2) is 0 Å². The normalized spacial score (nSPS) is 13.8. The Balaban J connectivity index is 1.61. The van der Waals surface area contributed by atoms with E-state index in [1.54, 1.807) is 7.11 Å². The number of methoxy groups -OCH3 is 1. The summed E-state index contributed by atoms with van der Waals surface area (Å²) in [5.41, 5.74) is 2.22. The van der Waals surface area contributed by atoms with E-state index in [4.69, 9.17) is 9.47 Å². The quantitative estimate of drug-likeness (QED) is 0.495. The first-order valence-corrected chi connectivity index (χ1v) is 11.1. The average molecular weight is 449 g/mol. The molecular formula is C25H24N2O4S. The van der Waals surface area contributed by atoms with Crippen molar-refractivity contribution in [3.8, 4) is 11.5 Å². The third-order valence-corrected chi connectivity index (χ3v) is 5.82. The monoisotopic (exact) mass is 448 g/mol. The van der Waals surface area contributed by atoms with Gasteiger partial charge in [0.2, 0.25) is 0 Å². The summed E-state index contributed by atoms with van der Waals surface area (Å²) >= 11 is 1.43. The van der Waals surface area contributed by atoms with Crippen molar-refractivity contribution in [2.45, 2.75) is 26.5 Å². The number of hydrogen-bond acceptors (Lipinski definition) is 6. The first-order chi connectivity index (χ1) is 15.5. The van der Waals surface area contributed by atoms with E-state index in [-0.39, 0.29) is 30.2 Å². The Bertz CT molecular complexity index is 1130. The van der Waals surface area contributed by atoms with Crippen LogP contribution in [0.2, 0.25) is 0 Å². The lowest BCUT2D eigenvalue weighted by Crippen LogP contribution is -2.31. The molecule has 2 amide bonds. The number of ether oxygens (including phenoxy) is 2. The highest BCUT2D eigenvalue weighted by Gasteiger charge is 2.39. The maximum Gasteiger partial charge on any atom is 0.278 e. The molecule has 0 fully saturated rings. The second-order valence-corrected chi connectivity index (χ2v) is 8.54. The number of nitrogens with one attached hydrogen (secondary N) is 1. The lowest BCUT2D eigenvalue weighted by atomic mass is 10.1. The van der Waals surface area contributed by atoms with E-state index < -0.39 is 0 Å². The van der Waals surface area contributed by atoms with Gasteiger partial charge in [0, 0.05) is 10.6 Å². The molecule has 164 valence electrons. The van der Waals surface area contributed by atoms with Crippen molar-refractivity contribution in [1.82, 2.24) is 4.90 Å². The summed E-state index contributed by atoms with van der Waals surface area (Å²) in [6.07, 6.45) is 0.0718. The van der Waals surface area contributed by atoms with Crippen molar-refractivity contribution in [3.05, 3.63) is 82.2 Å². The predicted molar refractivity (Wildman–Crippen MR) is 126 cm³/mol. The number of benzene rings is 2. The molecule has 6 nitrogen and oxygen atoms in total. The van der Waals surface area contributed by atoms with Gasteiger partial charge in [0.15, 0.2) is 0 Å². The van der Waals surface area contributed by atoms with Crippen LogP contribution < -0.4 is 14.8 Å². The van der Waals surface area contributed by atoms with Crippen LogP contribution in [-0.2, 0) is 16.1 Å². The van der Waals surface area contributed by atoms with E-state index in [1.165, 1.54) is 16.2 Å². The van der Waals surface area contributed by atoms with Gasteiger partial charge in [-0.15, -0.1) is 11.3 Å². The van der Waals surface area contributed by atoms with Gasteiger partial charge in [0.25, 0.3) is 11.8 Å². The molecule has 4 rings (SSSR count). The maximum absolute atomic E-state index is 13.3. The van der Waals surface area contributed by atoms with E-state index in [2.05, 4.69) is 5.32 Å². The van der Waals surface area contributed by atoms with Gasteiger partial charge in [-0.05, 0) is 67.3 Å². The Morgan fingerprint density at radius 1 is 0.938 bits per heavy atom. The Morgan fingerprint density at radius 2 is 1.62 bits per heavy atom. The highest BCUT2D eigenvalue weighted by Crippen LogP contribution is 2.34. The van der Waals surface area contributed by atoms with Gasteiger partial charge in [0.1, 0.15) is 17.2 Å². The molecule has 1 aliphatic rings. The molecule has 0 saturated carbocycles. The standard InChI is InChI=1S/C25H24N2O4S/c1-16(2)31-20-12-8-18(9-13-20)26-23-22(21-5-4-14-32-21)24(28)27(25(23)29)15-17-6-10-19(30-3)11-7-17/h4-14,16,26H,15H2,1-3H3. The van der Waals surface area contributed by atoms with Crippen LogP contribution in [0.1, 0.15) is 24.3 Å². The predicted octanol–water partition coefficient (Wildman–Crippen LogP) is 4.94. The highest BCUT2D eigenvalue weighted by molar-refractivity contribution is 7.11. The number of amides is 2. The number of carbonyl (C=O) groups excluding carboxylic acids is 2. The van der Waals surface area contributed by atoms with E-state index in [0.29, 0.717) is 11.3 Å². The van der Waals surface area contributed by atoms with Crippen LogP contribution in [-0.4, -0.2) is 29.9 Å². The molecule has 0 aliphatic carbocycles. The first kappa shape index (κ1) is 21.6. The molecule has 0 saturated heterocycles. The summed E-state index contributed by atoms with van der Waals surface area (Å²) in [4.78, 5) is 28.6. The minimum atomic E-state index is -0.350. The Hall–Kier alpha value is -3.58. The molecule has 1 aliphatic heterocycles. The molecular weight excluding hydrogens is 424 g/mol. The van der Waals surface area contributed by atoms with Crippen molar-refractivity contribution < 1.29 is 19.1 Å².